The van der Waals surface area contributed by atoms with E-state index in [1.165, 1.54) is 11.4 Å². The molecule has 0 amide bonds. The van der Waals surface area contributed by atoms with Crippen LogP contribution in [0.25, 0.3) is 0 Å². The minimum absolute atomic E-state index is 0.0122. The lowest BCUT2D eigenvalue weighted by atomic mass is 10.1. The van der Waals surface area contributed by atoms with Gasteiger partial charge in [0.05, 0.1) is 5.56 Å². The molecule has 21 heavy (non-hydrogen) atoms. The second kappa shape index (κ2) is 6.87. The fourth-order valence-electron chi connectivity index (χ4n) is 2.44. The van der Waals surface area contributed by atoms with Gasteiger partial charge in [-0.15, -0.1) is 11.3 Å². The summed E-state index contributed by atoms with van der Waals surface area (Å²) in [4.78, 5) is 13.1. The van der Waals surface area contributed by atoms with Crippen molar-refractivity contribution in [2.24, 2.45) is 0 Å². The number of likely N-dealkylation sites (tertiary alicyclic amines) is 1. The molecule has 0 spiro atoms. The summed E-state index contributed by atoms with van der Waals surface area (Å²) >= 11 is 0.940. The Labute approximate surface area is 128 Å². The van der Waals surface area contributed by atoms with Crippen LogP contribution >= 0.6 is 11.3 Å². The average Bonchev–Trinajstić information content (AvgIpc) is 2.92. The van der Waals surface area contributed by atoms with E-state index in [0.29, 0.717) is 0 Å². The van der Waals surface area contributed by atoms with E-state index >= 15 is 0 Å². The highest BCUT2D eigenvalue weighted by atomic mass is 32.2. The highest BCUT2D eigenvalue weighted by Crippen LogP contribution is 2.22. The molecule has 1 aromatic heterocycles. The van der Waals surface area contributed by atoms with E-state index in [9.17, 15) is 13.2 Å². The largest absolute Gasteiger partial charge is 0.478 e. The van der Waals surface area contributed by atoms with Gasteiger partial charge in [0, 0.05) is 11.4 Å². The van der Waals surface area contributed by atoms with Crippen LogP contribution < -0.4 is 4.72 Å². The first-order valence-corrected chi connectivity index (χ1v) is 9.35. The maximum Gasteiger partial charge on any atom is 0.336 e. The van der Waals surface area contributed by atoms with Crippen LogP contribution in [-0.2, 0) is 10.0 Å². The number of rotatable bonds is 6. The number of nitrogens with zero attached hydrogens (tertiary/aromatic N) is 1. The number of aromatic carboxylic acids is 1. The van der Waals surface area contributed by atoms with Crippen molar-refractivity contribution in [1.82, 2.24) is 9.62 Å². The summed E-state index contributed by atoms with van der Waals surface area (Å²) < 4.78 is 27.2. The Morgan fingerprint density at radius 2 is 2.14 bits per heavy atom. The molecule has 1 aliphatic heterocycles. The first kappa shape index (κ1) is 16.4. The zero-order valence-corrected chi connectivity index (χ0v) is 13.5. The highest BCUT2D eigenvalue weighted by molar-refractivity contribution is 7.91. The Morgan fingerprint density at radius 3 is 2.67 bits per heavy atom. The van der Waals surface area contributed by atoms with Crippen molar-refractivity contribution in [2.45, 2.75) is 36.4 Å². The van der Waals surface area contributed by atoms with Gasteiger partial charge >= 0.3 is 5.97 Å². The molecule has 2 rings (SSSR count). The topological polar surface area (TPSA) is 86.7 Å². The smallest absolute Gasteiger partial charge is 0.336 e. The van der Waals surface area contributed by atoms with E-state index < -0.39 is 16.0 Å². The maximum absolute atomic E-state index is 12.2. The molecule has 0 aliphatic carbocycles. The van der Waals surface area contributed by atoms with Crippen LogP contribution in [0.1, 0.15) is 36.5 Å². The molecule has 0 aromatic carbocycles. The predicted molar refractivity (Wildman–Crippen MR) is 81.4 cm³/mol. The van der Waals surface area contributed by atoms with Gasteiger partial charge in [0.2, 0.25) is 10.0 Å². The van der Waals surface area contributed by atoms with Crippen molar-refractivity contribution in [1.29, 1.82) is 0 Å². The summed E-state index contributed by atoms with van der Waals surface area (Å²) in [5.41, 5.74) is 0.0122. The summed E-state index contributed by atoms with van der Waals surface area (Å²) in [6.07, 6.45) is 2.68. The Kier molecular flexibility index (Phi) is 5.37. The van der Waals surface area contributed by atoms with E-state index in [0.717, 1.165) is 50.2 Å². The van der Waals surface area contributed by atoms with Crippen LogP contribution in [0.3, 0.4) is 0 Å². The van der Waals surface area contributed by atoms with Gasteiger partial charge in [-0.3, -0.25) is 0 Å². The van der Waals surface area contributed by atoms with E-state index in [4.69, 9.17) is 5.11 Å². The predicted octanol–water partition coefficient (Wildman–Crippen LogP) is 1.60. The van der Waals surface area contributed by atoms with Gasteiger partial charge in [-0.05, 0) is 45.0 Å². The van der Waals surface area contributed by atoms with Crippen LogP contribution in [0.4, 0.5) is 0 Å². The molecule has 0 atom stereocenters. The zero-order valence-electron chi connectivity index (χ0n) is 11.9. The van der Waals surface area contributed by atoms with Gasteiger partial charge in [0.1, 0.15) is 4.21 Å². The van der Waals surface area contributed by atoms with Gasteiger partial charge in [-0.1, -0.05) is 6.92 Å². The zero-order chi connectivity index (χ0) is 15.5. The molecule has 2 N–H and O–H groups in total. The molecule has 0 unspecified atom stereocenters. The summed E-state index contributed by atoms with van der Waals surface area (Å²) in [7, 11) is -3.62. The Balaban J connectivity index is 1.96. The summed E-state index contributed by atoms with van der Waals surface area (Å²) in [5.74, 6) is -1.11. The standard InChI is InChI=1S/C13H20N2O4S2/c1-2-5-15-6-3-11(4-7-15)14-21(18,19)12-8-10(9-20-12)13(16)17/h8-9,11,14H,2-7H2,1H3,(H,16,17). The fraction of sp³-hybridized carbons (Fsp3) is 0.615. The van der Waals surface area contributed by atoms with Gasteiger partial charge in [-0.25, -0.2) is 17.9 Å². The normalized spacial score (nSPS) is 18.0. The minimum Gasteiger partial charge on any atom is -0.478 e. The number of carboxylic acid groups (broad SMARTS) is 1. The van der Waals surface area contributed by atoms with Crippen LogP contribution in [0, 0.1) is 0 Å². The minimum atomic E-state index is -3.62. The maximum atomic E-state index is 12.2. The van der Waals surface area contributed by atoms with Crippen molar-refractivity contribution >= 4 is 27.3 Å². The van der Waals surface area contributed by atoms with Gasteiger partial charge < -0.3 is 10.0 Å². The molecule has 2 heterocycles. The van der Waals surface area contributed by atoms with Crippen molar-refractivity contribution in [3.63, 3.8) is 0 Å². The van der Waals surface area contributed by atoms with Crippen molar-refractivity contribution in [3.8, 4) is 0 Å². The highest BCUT2D eigenvalue weighted by Gasteiger charge is 2.25. The lowest BCUT2D eigenvalue weighted by Gasteiger charge is -2.31. The molecule has 0 radical (unpaired) electrons. The molecule has 1 fully saturated rings. The molecule has 1 aromatic rings. The first-order chi connectivity index (χ1) is 9.92. The second-order valence-electron chi connectivity index (χ2n) is 5.20. The number of hydrogen-bond acceptors (Lipinski definition) is 5. The second-order valence-corrected chi connectivity index (χ2v) is 8.05. The molecule has 1 aliphatic rings. The quantitative estimate of drug-likeness (QED) is 0.826. The molecular formula is C13H20N2O4S2. The molecule has 0 saturated carbocycles. The number of carbonyl (C=O) groups is 1. The van der Waals surface area contributed by atoms with Crippen LogP contribution in [0.5, 0.6) is 0 Å². The number of thiophene rings is 1. The summed E-state index contributed by atoms with van der Waals surface area (Å²) in [5, 5.41) is 10.2. The van der Waals surface area contributed by atoms with Crippen molar-refractivity contribution < 1.29 is 18.3 Å². The molecule has 118 valence electrons. The third kappa shape index (κ3) is 4.26. The van der Waals surface area contributed by atoms with Crippen LogP contribution in [0.15, 0.2) is 15.7 Å². The third-order valence-electron chi connectivity index (χ3n) is 3.54. The summed E-state index contributed by atoms with van der Waals surface area (Å²) in [6, 6.07) is 1.14. The Bertz CT molecular complexity index is 589. The van der Waals surface area contributed by atoms with E-state index in [1.807, 2.05) is 0 Å². The number of sulfonamides is 1. The lowest BCUT2D eigenvalue weighted by molar-refractivity contribution is 0.0697. The Hall–Kier alpha value is -0.960. The van der Waals surface area contributed by atoms with Gasteiger partial charge in [0.15, 0.2) is 0 Å². The van der Waals surface area contributed by atoms with Gasteiger partial charge in [0.25, 0.3) is 0 Å². The molecule has 6 nitrogen and oxygen atoms in total. The van der Waals surface area contributed by atoms with Crippen molar-refractivity contribution in [3.05, 3.63) is 17.0 Å². The van der Waals surface area contributed by atoms with Crippen LogP contribution in [-0.4, -0.2) is 50.1 Å². The monoisotopic (exact) mass is 332 g/mol. The number of hydrogen-bond donors (Lipinski definition) is 2. The number of piperidine rings is 1. The van der Waals surface area contributed by atoms with Crippen molar-refractivity contribution in [2.75, 3.05) is 19.6 Å². The summed E-state index contributed by atoms with van der Waals surface area (Å²) in [6.45, 7) is 4.97. The molecule has 0 bridgehead atoms. The molecular weight excluding hydrogens is 312 g/mol. The lowest BCUT2D eigenvalue weighted by Crippen LogP contribution is -2.44. The van der Waals surface area contributed by atoms with E-state index in [1.54, 1.807) is 0 Å². The number of nitrogens with one attached hydrogen (secondary N) is 1. The SMILES string of the molecule is CCCN1CCC(NS(=O)(=O)c2cc(C(=O)O)cs2)CC1. The Morgan fingerprint density at radius 1 is 1.48 bits per heavy atom. The van der Waals surface area contributed by atoms with Crippen LogP contribution in [0.2, 0.25) is 0 Å². The average molecular weight is 332 g/mol. The number of carboxylic acids is 1. The van der Waals surface area contributed by atoms with E-state index in [2.05, 4.69) is 16.5 Å². The fourth-order valence-corrected chi connectivity index (χ4v) is 4.91. The van der Waals surface area contributed by atoms with E-state index in [-0.39, 0.29) is 15.8 Å². The first-order valence-electron chi connectivity index (χ1n) is 6.99. The molecule has 8 heteroatoms. The van der Waals surface area contributed by atoms with Gasteiger partial charge in [-0.2, -0.15) is 0 Å². The third-order valence-corrected chi connectivity index (χ3v) is 6.50. The molecule has 1 saturated heterocycles.